The van der Waals surface area contributed by atoms with Gasteiger partial charge in [-0.1, -0.05) is 19.8 Å². The molecular weight excluding hydrogens is 186 g/mol. The van der Waals surface area contributed by atoms with Crippen molar-refractivity contribution in [3.8, 4) is 0 Å². The van der Waals surface area contributed by atoms with Crippen LogP contribution in [-0.2, 0) is 0 Å². The average Bonchev–Trinajstić information content (AvgIpc) is 2.89. The van der Waals surface area contributed by atoms with Crippen LogP contribution in [0.1, 0.15) is 57.3 Å². The predicted molar refractivity (Wildman–Crippen MR) is 61.5 cm³/mol. The lowest BCUT2D eigenvalue weighted by atomic mass is 10.1. The molecule has 0 aromatic carbocycles. The summed E-state index contributed by atoms with van der Waals surface area (Å²) in [5, 5.41) is 0. The van der Waals surface area contributed by atoms with E-state index < -0.39 is 0 Å². The third-order valence-electron chi connectivity index (χ3n) is 3.33. The van der Waals surface area contributed by atoms with Crippen molar-refractivity contribution in [2.24, 2.45) is 11.7 Å². The van der Waals surface area contributed by atoms with Gasteiger partial charge in [0.05, 0.1) is 12.0 Å². The summed E-state index contributed by atoms with van der Waals surface area (Å²) in [6, 6.07) is 0.682. The minimum absolute atomic E-state index is 0.0840. The Morgan fingerprint density at radius 1 is 1.60 bits per heavy atom. The molecule has 1 aliphatic rings. The van der Waals surface area contributed by atoms with E-state index in [9.17, 15) is 0 Å². The van der Waals surface area contributed by atoms with Gasteiger partial charge in [-0.2, -0.15) is 0 Å². The average molecular weight is 207 g/mol. The van der Waals surface area contributed by atoms with E-state index in [0.29, 0.717) is 6.04 Å². The fourth-order valence-electron chi connectivity index (χ4n) is 2.19. The van der Waals surface area contributed by atoms with Crippen LogP contribution in [0.5, 0.6) is 0 Å². The minimum Gasteiger partial charge on any atom is -0.330 e. The molecule has 0 spiro atoms. The molecule has 1 aromatic heterocycles. The van der Waals surface area contributed by atoms with Crippen LogP contribution in [0.3, 0.4) is 0 Å². The van der Waals surface area contributed by atoms with Crippen molar-refractivity contribution in [1.29, 1.82) is 0 Å². The normalized spacial score (nSPS) is 20.2. The Kier molecular flexibility index (Phi) is 3.10. The molecule has 1 aromatic rings. The molecule has 3 nitrogen and oxygen atoms in total. The van der Waals surface area contributed by atoms with E-state index in [1.807, 2.05) is 19.4 Å². The van der Waals surface area contributed by atoms with Crippen LogP contribution >= 0.6 is 0 Å². The first-order valence-electron chi connectivity index (χ1n) is 5.99. The molecule has 2 rings (SSSR count). The van der Waals surface area contributed by atoms with Gasteiger partial charge in [-0.25, -0.2) is 4.98 Å². The van der Waals surface area contributed by atoms with E-state index >= 15 is 0 Å². The molecule has 0 saturated heterocycles. The second-order valence-electron chi connectivity index (χ2n) is 4.76. The molecular formula is C12H21N3. The second kappa shape index (κ2) is 4.35. The molecule has 2 atom stereocenters. The smallest absolute Gasteiger partial charge is 0.0951 e. The van der Waals surface area contributed by atoms with Gasteiger partial charge >= 0.3 is 0 Å². The maximum atomic E-state index is 5.94. The lowest BCUT2D eigenvalue weighted by Crippen LogP contribution is -2.16. The maximum Gasteiger partial charge on any atom is 0.0951 e. The van der Waals surface area contributed by atoms with Crippen LogP contribution in [0.2, 0.25) is 0 Å². The molecule has 0 aliphatic heterocycles. The zero-order chi connectivity index (χ0) is 10.8. The molecule has 1 unspecified atom stereocenters. The first kappa shape index (κ1) is 10.7. The lowest BCUT2D eigenvalue weighted by molar-refractivity contribution is 0.411. The fourth-order valence-corrected chi connectivity index (χ4v) is 2.19. The number of nitrogens with zero attached hydrogens (tertiary/aromatic N) is 2. The highest BCUT2D eigenvalue weighted by Crippen LogP contribution is 2.38. The van der Waals surface area contributed by atoms with Gasteiger partial charge in [-0.3, -0.25) is 0 Å². The van der Waals surface area contributed by atoms with Gasteiger partial charge in [0.25, 0.3) is 0 Å². The molecule has 1 saturated carbocycles. The molecule has 15 heavy (non-hydrogen) atoms. The highest BCUT2D eigenvalue weighted by atomic mass is 15.1. The van der Waals surface area contributed by atoms with Gasteiger partial charge in [0.15, 0.2) is 0 Å². The molecule has 1 aliphatic carbocycles. The van der Waals surface area contributed by atoms with Crippen molar-refractivity contribution in [2.45, 2.75) is 51.6 Å². The predicted octanol–water partition coefficient (Wildman–Crippen LogP) is 2.65. The van der Waals surface area contributed by atoms with Crippen LogP contribution in [0.15, 0.2) is 12.5 Å². The number of hydrogen-bond acceptors (Lipinski definition) is 2. The zero-order valence-corrected chi connectivity index (χ0v) is 9.69. The minimum atomic E-state index is 0.0840. The monoisotopic (exact) mass is 207 g/mol. The van der Waals surface area contributed by atoms with Gasteiger partial charge in [-0.15, -0.1) is 0 Å². The standard InChI is InChI=1S/C12H21N3/c1-3-11(6-10-4-5-10)15-8-14-7-12(15)9(2)13/h7-11H,3-6,13H2,1-2H3/t9-,11?/m1/s1. The molecule has 1 fully saturated rings. The van der Waals surface area contributed by atoms with Crippen LogP contribution in [0, 0.1) is 5.92 Å². The van der Waals surface area contributed by atoms with Crippen molar-refractivity contribution in [2.75, 3.05) is 0 Å². The summed E-state index contributed by atoms with van der Waals surface area (Å²) in [7, 11) is 0. The Morgan fingerprint density at radius 3 is 2.87 bits per heavy atom. The molecule has 0 bridgehead atoms. The maximum absolute atomic E-state index is 5.94. The quantitative estimate of drug-likeness (QED) is 0.806. The van der Waals surface area contributed by atoms with Crippen molar-refractivity contribution in [3.05, 3.63) is 18.2 Å². The Hall–Kier alpha value is -0.830. The molecule has 1 heterocycles. The van der Waals surface area contributed by atoms with Gasteiger partial charge < -0.3 is 10.3 Å². The fraction of sp³-hybridized carbons (Fsp3) is 0.750. The van der Waals surface area contributed by atoms with Crippen molar-refractivity contribution >= 4 is 0 Å². The Balaban J connectivity index is 2.13. The first-order chi connectivity index (χ1) is 7.22. The summed E-state index contributed by atoms with van der Waals surface area (Å²) in [5.41, 5.74) is 7.11. The van der Waals surface area contributed by atoms with Crippen molar-refractivity contribution < 1.29 is 0 Å². The summed E-state index contributed by atoms with van der Waals surface area (Å²) in [5.74, 6) is 0.957. The van der Waals surface area contributed by atoms with E-state index in [1.165, 1.54) is 31.4 Å². The highest BCUT2D eigenvalue weighted by molar-refractivity contribution is 5.05. The van der Waals surface area contributed by atoms with E-state index in [4.69, 9.17) is 5.73 Å². The van der Waals surface area contributed by atoms with Crippen LogP contribution < -0.4 is 5.73 Å². The van der Waals surface area contributed by atoms with Crippen LogP contribution in [0.25, 0.3) is 0 Å². The van der Waals surface area contributed by atoms with Gasteiger partial charge in [0.2, 0.25) is 0 Å². The van der Waals surface area contributed by atoms with Gasteiger partial charge in [0, 0.05) is 18.3 Å². The molecule has 0 radical (unpaired) electrons. The number of rotatable bonds is 5. The van der Waals surface area contributed by atoms with E-state index in [2.05, 4.69) is 16.5 Å². The van der Waals surface area contributed by atoms with E-state index in [0.717, 1.165) is 5.92 Å². The molecule has 84 valence electrons. The summed E-state index contributed by atoms with van der Waals surface area (Å²) < 4.78 is 2.28. The van der Waals surface area contributed by atoms with Gasteiger partial charge in [-0.05, 0) is 25.7 Å². The summed E-state index contributed by atoms with van der Waals surface area (Å²) in [4.78, 5) is 4.22. The largest absolute Gasteiger partial charge is 0.330 e. The SMILES string of the molecule is CCC(CC1CC1)n1cncc1[C@@H](C)N. The third-order valence-corrected chi connectivity index (χ3v) is 3.33. The Labute approximate surface area is 91.7 Å². The lowest BCUT2D eigenvalue weighted by Gasteiger charge is -2.20. The first-order valence-corrected chi connectivity index (χ1v) is 5.99. The van der Waals surface area contributed by atoms with Crippen molar-refractivity contribution in [3.63, 3.8) is 0 Å². The summed E-state index contributed by atoms with van der Waals surface area (Å²) >= 11 is 0. The van der Waals surface area contributed by atoms with Crippen molar-refractivity contribution in [1.82, 2.24) is 9.55 Å². The molecule has 3 heteroatoms. The van der Waals surface area contributed by atoms with E-state index in [1.54, 1.807) is 0 Å². The molecule has 2 N–H and O–H groups in total. The summed E-state index contributed by atoms with van der Waals surface area (Å²) in [6.45, 7) is 4.27. The third kappa shape index (κ3) is 2.40. The number of imidazole rings is 1. The molecule has 0 amide bonds. The van der Waals surface area contributed by atoms with Gasteiger partial charge in [0.1, 0.15) is 0 Å². The van der Waals surface area contributed by atoms with Crippen LogP contribution in [0.4, 0.5) is 0 Å². The zero-order valence-electron chi connectivity index (χ0n) is 9.69. The Bertz CT molecular complexity index is 312. The second-order valence-corrected chi connectivity index (χ2v) is 4.76. The number of aromatic nitrogens is 2. The highest BCUT2D eigenvalue weighted by Gasteiger charge is 2.26. The van der Waals surface area contributed by atoms with E-state index in [-0.39, 0.29) is 6.04 Å². The van der Waals surface area contributed by atoms with Crippen LogP contribution in [-0.4, -0.2) is 9.55 Å². The summed E-state index contributed by atoms with van der Waals surface area (Å²) in [6.07, 6.45) is 9.14. The number of nitrogens with two attached hydrogens (primary N) is 1. The topological polar surface area (TPSA) is 43.8 Å². The Morgan fingerprint density at radius 2 is 2.33 bits per heavy atom. The number of hydrogen-bond donors (Lipinski definition) is 1.